The molecule has 0 saturated carbocycles. The molecule has 3 nitrogen and oxygen atoms in total. The van der Waals surface area contributed by atoms with E-state index in [1.54, 1.807) is 56.7 Å². The number of carbonyl (C=O) groups excluding carboxylic acids is 1. The minimum absolute atomic E-state index is 0.162. The lowest BCUT2D eigenvalue weighted by atomic mass is 9.96. The molecule has 0 radical (unpaired) electrons. The van der Waals surface area contributed by atoms with Crippen molar-refractivity contribution in [2.45, 2.75) is 0 Å². The van der Waals surface area contributed by atoms with E-state index < -0.39 is 0 Å². The molecule has 0 heterocycles. The number of ketones is 1. The van der Waals surface area contributed by atoms with Crippen LogP contribution >= 0.6 is 0 Å². The van der Waals surface area contributed by atoms with Gasteiger partial charge in [0.05, 0.1) is 14.2 Å². The fourth-order valence-corrected chi connectivity index (χ4v) is 2.82. The summed E-state index contributed by atoms with van der Waals surface area (Å²) in [5.41, 5.74) is 2.68. The number of hydrogen-bond acceptors (Lipinski definition) is 3. The average molecular weight is 362 g/mol. The van der Waals surface area contributed by atoms with E-state index in [9.17, 15) is 9.18 Å². The zero-order valence-corrected chi connectivity index (χ0v) is 15.1. The maximum Gasteiger partial charge on any atom is 0.186 e. The Morgan fingerprint density at radius 3 is 2.41 bits per heavy atom. The highest BCUT2D eigenvalue weighted by atomic mass is 19.1. The zero-order chi connectivity index (χ0) is 19.2. The summed E-state index contributed by atoms with van der Waals surface area (Å²) in [6.45, 7) is 0. The molecule has 0 aromatic heterocycles. The van der Waals surface area contributed by atoms with Gasteiger partial charge in [-0.15, -0.1) is 0 Å². The second kappa shape index (κ2) is 8.32. The van der Waals surface area contributed by atoms with Crippen molar-refractivity contribution in [2.75, 3.05) is 14.2 Å². The molecule has 0 aliphatic rings. The first-order chi connectivity index (χ1) is 13.1. The van der Waals surface area contributed by atoms with Crippen molar-refractivity contribution in [3.05, 3.63) is 89.8 Å². The van der Waals surface area contributed by atoms with Crippen molar-refractivity contribution in [1.82, 2.24) is 0 Å². The van der Waals surface area contributed by atoms with Crippen LogP contribution in [0.4, 0.5) is 4.39 Å². The van der Waals surface area contributed by atoms with Crippen LogP contribution in [0.5, 0.6) is 11.5 Å². The highest BCUT2D eigenvalue weighted by Gasteiger charge is 2.11. The number of allylic oxidation sites excluding steroid dienone is 1. The Labute approximate surface area is 157 Å². The third kappa shape index (κ3) is 4.23. The number of rotatable bonds is 6. The van der Waals surface area contributed by atoms with E-state index in [1.165, 1.54) is 18.2 Å². The molecule has 0 aliphatic carbocycles. The van der Waals surface area contributed by atoms with Crippen LogP contribution in [-0.2, 0) is 0 Å². The van der Waals surface area contributed by atoms with E-state index in [-0.39, 0.29) is 11.6 Å². The van der Waals surface area contributed by atoms with Crippen LogP contribution in [0.2, 0.25) is 0 Å². The second-order valence-corrected chi connectivity index (χ2v) is 5.87. The normalized spacial score (nSPS) is 10.8. The quantitative estimate of drug-likeness (QED) is 0.435. The molecule has 4 heteroatoms. The number of benzene rings is 3. The molecule has 0 atom stereocenters. The summed E-state index contributed by atoms with van der Waals surface area (Å²) >= 11 is 0. The standard InChI is InChI=1S/C23H19FO3/c1-26-22-13-11-16(14-23(22)27-2)10-12-21(25)20-9-4-3-8-19(20)17-6-5-7-18(24)15-17/h3-15H,1-2H3/b12-10+. The SMILES string of the molecule is COc1ccc(/C=C/C(=O)c2ccccc2-c2cccc(F)c2)cc1OC. The summed E-state index contributed by atoms with van der Waals surface area (Å²) in [6.07, 6.45) is 3.21. The van der Waals surface area contributed by atoms with Crippen molar-refractivity contribution in [3.63, 3.8) is 0 Å². The predicted octanol–water partition coefficient (Wildman–Crippen LogP) is 5.41. The van der Waals surface area contributed by atoms with Crippen LogP contribution in [0, 0.1) is 5.82 Å². The molecule has 0 N–H and O–H groups in total. The highest BCUT2D eigenvalue weighted by Crippen LogP contribution is 2.28. The van der Waals surface area contributed by atoms with Crippen LogP contribution in [0.25, 0.3) is 17.2 Å². The Morgan fingerprint density at radius 2 is 1.67 bits per heavy atom. The molecule has 3 aromatic rings. The van der Waals surface area contributed by atoms with Gasteiger partial charge < -0.3 is 9.47 Å². The lowest BCUT2D eigenvalue weighted by molar-refractivity contribution is 0.104. The van der Waals surface area contributed by atoms with Gasteiger partial charge in [-0.1, -0.05) is 48.5 Å². The molecule has 27 heavy (non-hydrogen) atoms. The summed E-state index contributed by atoms with van der Waals surface area (Å²) in [5.74, 6) is 0.713. The number of halogens is 1. The zero-order valence-electron chi connectivity index (χ0n) is 15.1. The predicted molar refractivity (Wildman–Crippen MR) is 105 cm³/mol. The number of ether oxygens (including phenoxy) is 2. The number of carbonyl (C=O) groups is 1. The molecule has 0 aliphatic heterocycles. The molecular formula is C23H19FO3. The van der Waals surface area contributed by atoms with Gasteiger partial charge >= 0.3 is 0 Å². The van der Waals surface area contributed by atoms with Gasteiger partial charge in [-0.3, -0.25) is 4.79 Å². The van der Waals surface area contributed by atoms with Gasteiger partial charge in [-0.2, -0.15) is 0 Å². The fourth-order valence-electron chi connectivity index (χ4n) is 2.82. The van der Waals surface area contributed by atoms with Gasteiger partial charge in [0.15, 0.2) is 17.3 Å². The monoisotopic (exact) mass is 362 g/mol. The minimum Gasteiger partial charge on any atom is -0.493 e. The van der Waals surface area contributed by atoms with E-state index in [0.717, 1.165) is 5.56 Å². The molecule has 0 amide bonds. The van der Waals surface area contributed by atoms with E-state index in [4.69, 9.17) is 9.47 Å². The van der Waals surface area contributed by atoms with Crippen LogP contribution in [0.15, 0.2) is 72.8 Å². The molecule has 3 rings (SSSR count). The van der Waals surface area contributed by atoms with Crippen LogP contribution in [-0.4, -0.2) is 20.0 Å². The van der Waals surface area contributed by atoms with Crippen LogP contribution in [0.3, 0.4) is 0 Å². The van der Waals surface area contributed by atoms with Gasteiger partial charge in [0, 0.05) is 5.56 Å². The summed E-state index contributed by atoms with van der Waals surface area (Å²) in [6, 6.07) is 18.8. The topological polar surface area (TPSA) is 35.5 Å². The van der Waals surface area contributed by atoms with Gasteiger partial charge in [-0.25, -0.2) is 4.39 Å². The first-order valence-electron chi connectivity index (χ1n) is 8.42. The van der Waals surface area contributed by atoms with Crippen molar-refractivity contribution in [3.8, 4) is 22.6 Å². The molecule has 0 spiro atoms. The van der Waals surface area contributed by atoms with Gasteiger partial charge in [0.1, 0.15) is 5.82 Å². The Kier molecular flexibility index (Phi) is 5.67. The fraction of sp³-hybridized carbons (Fsp3) is 0.0870. The third-order valence-electron chi connectivity index (χ3n) is 4.16. The Bertz CT molecular complexity index is 992. The minimum atomic E-state index is -0.337. The number of methoxy groups -OCH3 is 2. The molecule has 0 bridgehead atoms. The molecule has 136 valence electrons. The molecular weight excluding hydrogens is 343 g/mol. The second-order valence-electron chi connectivity index (χ2n) is 5.87. The first kappa shape index (κ1) is 18.4. The number of hydrogen-bond donors (Lipinski definition) is 0. The van der Waals surface area contributed by atoms with E-state index >= 15 is 0 Å². The summed E-state index contributed by atoms with van der Waals surface area (Å²) < 4.78 is 24.1. The Morgan fingerprint density at radius 1 is 0.889 bits per heavy atom. The van der Waals surface area contributed by atoms with Crippen molar-refractivity contribution in [2.24, 2.45) is 0 Å². The van der Waals surface area contributed by atoms with Crippen LogP contribution < -0.4 is 9.47 Å². The maximum atomic E-state index is 13.6. The molecule has 0 fully saturated rings. The van der Waals surface area contributed by atoms with Gasteiger partial charge in [-0.05, 0) is 47.0 Å². The van der Waals surface area contributed by atoms with Crippen molar-refractivity contribution < 1.29 is 18.7 Å². The molecule has 0 unspecified atom stereocenters. The van der Waals surface area contributed by atoms with Crippen LogP contribution in [0.1, 0.15) is 15.9 Å². The van der Waals surface area contributed by atoms with Gasteiger partial charge in [0.25, 0.3) is 0 Å². The lowest BCUT2D eigenvalue weighted by Crippen LogP contribution is -1.98. The molecule has 0 saturated heterocycles. The lowest BCUT2D eigenvalue weighted by Gasteiger charge is -2.08. The van der Waals surface area contributed by atoms with Crippen molar-refractivity contribution in [1.29, 1.82) is 0 Å². The third-order valence-corrected chi connectivity index (χ3v) is 4.16. The maximum absolute atomic E-state index is 13.6. The van der Waals surface area contributed by atoms with E-state index in [2.05, 4.69) is 0 Å². The smallest absolute Gasteiger partial charge is 0.186 e. The van der Waals surface area contributed by atoms with E-state index in [1.807, 2.05) is 18.2 Å². The van der Waals surface area contributed by atoms with Crippen molar-refractivity contribution >= 4 is 11.9 Å². The summed E-state index contributed by atoms with van der Waals surface area (Å²) in [7, 11) is 3.13. The highest BCUT2D eigenvalue weighted by molar-refractivity contribution is 6.10. The van der Waals surface area contributed by atoms with Gasteiger partial charge in [0.2, 0.25) is 0 Å². The first-order valence-corrected chi connectivity index (χ1v) is 8.42. The Balaban J connectivity index is 1.90. The Hall–Kier alpha value is -3.40. The van der Waals surface area contributed by atoms with E-state index in [0.29, 0.717) is 28.2 Å². The summed E-state index contributed by atoms with van der Waals surface area (Å²) in [4.78, 5) is 12.7. The summed E-state index contributed by atoms with van der Waals surface area (Å²) in [5, 5.41) is 0. The molecule has 3 aromatic carbocycles. The largest absolute Gasteiger partial charge is 0.493 e. The average Bonchev–Trinajstić information content (AvgIpc) is 2.71.